The summed E-state index contributed by atoms with van der Waals surface area (Å²) in [6.45, 7) is 13.8. The van der Waals surface area contributed by atoms with Gasteiger partial charge in [0, 0.05) is 29.5 Å². The van der Waals surface area contributed by atoms with E-state index in [0.717, 1.165) is 22.5 Å². The summed E-state index contributed by atoms with van der Waals surface area (Å²) in [5, 5.41) is 3.60. The van der Waals surface area contributed by atoms with Crippen molar-refractivity contribution in [2.24, 2.45) is 0 Å². The van der Waals surface area contributed by atoms with Gasteiger partial charge in [-0.3, -0.25) is 9.59 Å². The van der Waals surface area contributed by atoms with Gasteiger partial charge in [0.1, 0.15) is 19.4 Å². The topological polar surface area (TPSA) is 126 Å². The molecule has 0 saturated heterocycles. The standard InChI is InChI=1S/C33H41N3O7Si/c1-8-33(42-25(37)15-12-16-34-31(40)43-32(3,4)5)22-18-24-27-21(17-20-13-10-11-14-23(20)35-27)19-36(24)28(38)26(22)29(41-30(33)39)44(6,7)9-2/h10-11,13-14,17-18,29H,8-9,12,15-16,19H2,1-7H3,(H,34,40). The van der Waals surface area contributed by atoms with Gasteiger partial charge < -0.3 is 24.1 Å². The van der Waals surface area contributed by atoms with E-state index in [1.807, 2.05) is 43.3 Å². The van der Waals surface area contributed by atoms with E-state index in [4.69, 9.17) is 19.2 Å². The highest BCUT2D eigenvalue weighted by Crippen LogP contribution is 2.47. The van der Waals surface area contributed by atoms with Crippen LogP contribution in [0.15, 0.2) is 41.2 Å². The van der Waals surface area contributed by atoms with Crippen LogP contribution >= 0.6 is 0 Å². The fourth-order valence-electron chi connectivity index (χ4n) is 5.87. The first-order chi connectivity index (χ1) is 20.7. The molecule has 2 unspecified atom stereocenters. The zero-order chi connectivity index (χ0) is 32.0. The summed E-state index contributed by atoms with van der Waals surface area (Å²) < 4.78 is 19.1. The van der Waals surface area contributed by atoms with Crippen LogP contribution in [0.4, 0.5) is 4.79 Å². The minimum Gasteiger partial charge on any atom is -0.458 e. The third kappa shape index (κ3) is 5.65. The number of alkyl carbamates (subject to hydrolysis) is 1. The Morgan fingerprint density at radius 3 is 2.57 bits per heavy atom. The summed E-state index contributed by atoms with van der Waals surface area (Å²) in [5.41, 5.74) is 0.401. The van der Waals surface area contributed by atoms with Crippen LogP contribution in [0.25, 0.3) is 22.3 Å². The van der Waals surface area contributed by atoms with Crippen LogP contribution in [-0.4, -0.2) is 47.8 Å². The summed E-state index contributed by atoms with van der Waals surface area (Å²) in [6, 6.07) is 12.4. The number of pyridine rings is 2. The minimum atomic E-state index is -2.29. The Balaban J connectivity index is 1.53. The van der Waals surface area contributed by atoms with Crippen molar-refractivity contribution in [3.63, 3.8) is 0 Å². The fraction of sp³-hybridized carbons (Fsp3) is 0.485. The molecule has 2 atom stereocenters. The maximum atomic E-state index is 14.4. The molecule has 0 aliphatic carbocycles. The third-order valence-electron chi connectivity index (χ3n) is 8.60. The Kier molecular flexibility index (Phi) is 8.21. The Labute approximate surface area is 258 Å². The van der Waals surface area contributed by atoms with Gasteiger partial charge in [-0.1, -0.05) is 51.2 Å². The van der Waals surface area contributed by atoms with Crippen LogP contribution < -0.4 is 10.9 Å². The molecule has 3 aromatic rings. The lowest BCUT2D eigenvalue weighted by Crippen LogP contribution is -2.53. The van der Waals surface area contributed by atoms with E-state index in [2.05, 4.69) is 18.4 Å². The largest absolute Gasteiger partial charge is 0.458 e. The van der Waals surface area contributed by atoms with E-state index in [0.29, 0.717) is 29.1 Å². The van der Waals surface area contributed by atoms with Gasteiger partial charge in [-0.25, -0.2) is 14.6 Å². The first-order valence-corrected chi connectivity index (χ1v) is 18.6. The number of carbonyl (C=O) groups excluding carboxylic acids is 3. The molecule has 0 spiro atoms. The Bertz CT molecular complexity index is 1710. The monoisotopic (exact) mass is 619 g/mol. The average molecular weight is 620 g/mol. The van der Waals surface area contributed by atoms with E-state index in [1.54, 1.807) is 32.3 Å². The fourth-order valence-corrected chi connectivity index (χ4v) is 7.73. The van der Waals surface area contributed by atoms with Crippen LogP contribution in [0.5, 0.6) is 0 Å². The molecule has 11 heteroatoms. The summed E-state index contributed by atoms with van der Waals surface area (Å²) in [5.74, 6) is -1.29. The van der Waals surface area contributed by atoms with E-state index in [9.17, 15) is 19.2 Å². The SMILES string of the molecule is CCC1(OC(=O)CCCNC(=O)OC(C)(C)C)C(=O)OC([Si](C)(C)CC)c2c1cc1n(c2=O)Cc2cc3ccccc3nc2-1. The minimum absolute atomic E-state index is 0.0565. The Morgan fingerprint density at radius 2 is 1.89 bits per heavy atom. The second-order valence-electron chi connectivity index (χ2n) is 13.3. The van der Waals surface area contributed by atoms with Crippen LogP contribution in [0.3, 0.4) is 0 Å². The number of benzene rings is 1. The molecule has 44 heavy (non-hydrogen) atoms. The number of nitrogens with one attached hydrogen (secondary N) is 1. The van der Waals surface area contributed by atoms with Gasteiger partial charge >= 0.3 is 18.0 Å². The van der Waals surface area contributed by atoms with E-state index >= 15 is 0 Å². The number of rotatable bonds is 8. The number of nitrogens with zero attached hydrogens (tertiary/aromatic N) is 2. The van der Waals surface area contributed by atoms with Gasteiger partial charge in [0.15, 0.2) is 0 Å². The molecule has 5 rings (SSSR count). The van der Waals surface area contributed by atoms with E-state index in [-0.39, 0.29) is 31.4 Å². The molecular weight excluding hydrogens is 578 g/mol. The van der Waals surface area contributed by atoms with Crippen molar-refractivity contribution in [2.75, 3.05) is 6.54 Å². The first kappa shape index (κ1) is 31.4. The second-order valence-corrected chi connectivity index (χ2v) is 18.5. The third-order valence-corrected chi connectivity index (χ3v) is 12.2. The molecule has 2 aliphatic rings. The predicted octanol–water partition coefficient (Wildman–Crippen LogP) is 5.74. The van der Waals surface area contributed by atoms with Crippen LogP contribution in [-0.2, 0) is 35.9 Å². The number of aromatic nitrogens is 2. The van der Waals surface area contributed by atoms with Crippen molar-refractivity contribution in [2.45, 2.75) is 96.5 Å². The molecule has 2 aliphatic heterocycles. The lowest BCUT2D eigenvalue weighted by molar-refractivity contribution is -0.190. The normalized spacial score (nSPS) is 19.1. The number of cyclic esters (lactones) is 1. The van der Waals surface area contributed by atoms with Crippen LogP contribution in [0.2, 0.25) is 19.1 Å². The molecule has 1 N–H and O–H groups in total. The molecule has 1 amide bonds. The quantitative estimate of drug-likeness (QED) is 0.115. The number of fused-ring (bicyclic) bond motifs is 5. The summed E-state index contributed by atoms with van der Waals surface area (Å²) >= 11 is 0. The molecule has 1 aromatic carbocycles. The van der Waals surface area contributed by atoms with Gasteiger partial charge in [-0.05, 0) is 51.8 Å². The van der Waals surface area contributed by atoms with Gasteiger partial charge in [0.05, 0.1) is 29.0 Å². The number of esters is 2. The first-order valence-electron chi connectivity index (χ1n) is 15.3. The maximum Gasteiger partial charge on any atom is 0.407 e. The maximum absolute atomic E-state index is 14.4. The highest BCUT2D eigenvalue weighted by atomic mass is 28.3. The van der Waals surface area contributed by atoms with Gasteiger partial charge in [0.2, 0.25) is 5.60 Å². The Morgan fingerprint density at radius 1 is 1.16 bits per heavy atom. The molecule has 234 valence electrons. The zero-order valence-electron chi connectivity index (χ0n) is 26.5. The van der Waals surface area contributed by atoms with Crippen molar-refractivity contribution in [3.8, 4) is 11.4 Å². The van der Waals surface area contributed by atoms with Gasteiger partial charge in [-0.15, -0.1) is 0 Å². The van der Waals surface area contributed by atoms with Crippen molar-refractivity contribution in [1.82, 2.24) is 14.9 Å². The Hall–Kier alpha value is -3.99. The molecule has 4 heterocycles. The number of carbonyl (C=O) groups is 3. The number of hydrogen-bond acceptors (Lipinski definition) is 8. The van der Waals surface area contributed by atoms with Crippen molar-refractivity contribution in [3.05, 3.63) is 63.4 Å². The molecule has 0 bridgehead atoms. The van der Waals surface area contributed by atoms with Gasteiger partial charge in [-0.2, -0.15) is 0 Å². The predicted molar refractivity (Wildman–Crippen MR) is 169 cm³/mol. The summed E-state index contributed by atoms with van der Waals surface area (Å²) in [4.78, 5) is 58.4. The average Bonchev–Trinajstić information content (AvgIpc) is 3.32. The van der Waals surface area contributed by atoms with Crippen molar-refractivity contribution in [1.29, 1.82) is 0 Å². The highest BCUT2D eigenvalue weighted by molar-refractivity contribution is 6.78. The molecule has 0 radical (unpaired) electrons. The number of amides is 1. The molecule has 0 fully saturated rings. The van der Waals surface area contributed by atoms with Crippen LogP contribution in [0.1, 0.15) is 76.3 Å². The molecule has 2 aromatic heterocycles. The lowest BCUT2D eigenvalue weighted by Gasteiger charge is -2.43. The molecule has 10 nitrogen and oxygen atoms in total. The molecule has 0 saturated carbocycles. The van der Waals surface area contributed by atoms with Crippen molar-refractivity contribution < 1.29 is 28.6 Å². The van der Waals surface area contributed by atoms with E-state index in [1.165, 1.54) is 0 Å². The summed E-state index contributed by atoms with van der Waals surface area (Å²) in [6.07, 6.45) is -0.276. The number of para-hydroxylation sites is 1. The summed E-state index contributed by atoms with van der Waals surface area (Å²) in [7, 11) is -2.29. The van der Waals surface area contributed by atoms with E-state index < -0.39 is 43.0 Å². The smallest absolute Gasteiger partial charge is 0.407 e. The van der Waals surface area contributed by atoms with Crippen LogP contribution in [0, 0.1) is 0 Å². The highest BCUT2D eigenvalue weighted by Gasteiger charge is 2.55. The lowest BCUT2D eigenvalue weighted by atomic mass is 9.85. The second kappa shape index (κ2) is 11.5. The molecular formula is C33H41N3O7Si. The number of ether oxygens (including phenoxy) is 3. The van der Waals surface area contributed by atoms with Crippen molar-refractivity contribution >= 4 is 37.0 Å². The van der Waals surface area contributed by atoms with Gasteiger partial charge in [0.25, 0.3) is 5.56 Å². The zero-order valence-corrected chi connectivity index (χ0v) is 27.5. The number of hydrogen-bond donors (Lipinski definition) is 1.